The molecule has 116 valence electrons. The summed E-state index contributed by atoms with van der Waals surface area (Å²) in [6.45, 7) is 7.59. The lowest BCUT2D eigenvalue weighted by molar-refractivity contribution is -0.121. The second-order valence-electron chi connectivity index (χ2n) is 6.65. The van der Waals surface area contributed by atoms with E-state index in [4.69, 9.17) is 4.74 Å². The van der Waals surface area contributed by atoms with Crippen LogP contribution in [0.4, 0.5) is 0 Å². The molecular formula is C17H26N2O2. The first-order valence-electron chi connectivity index (χ1n) is 7.69. The Balaban J connectivity index is 1.80. The lowest BCUT2D eigenvalue weighted by Crippen LogP contribution is -2.35. The van der Waals surface area contributed by atoms with Gasteiger partial charge in [-0.15, -0.1) is 0 Å². The molecule has 1 aliphatic rings. The van der Waals surface area contributed by atoms with Crippen molar-refractivity contribution < 1.29 is 9.53 Å². The Labute approximate surface area is 127 Å². The van der Waals surface area contributed by atoms with E-state index in [9.17, 15) is 4.79 Å². The Morgan fingerprint density at radius 1 is 1.29 bits per heavy atom. The molecule has 4 heteroatoms. The Morgan fingerprint density at radius 2 is 2.00 bits per heavy atom. The molecule has 1 fully saturated rings. The molecule has 0 aliphatic heterocycles. The van der Waals surface area contributed by atoms with Gasteiger partial charge < -0.3 is 15.4 Å². The molecule has 2 N–H and O–H groups in total. The molecule has 1 aromatic rings. The van der Waals surface area contributed by atoms with E-state index in [1.54, 1.807) is 0 Å². The van der Waals surface area contributed by atoms with Crippen LogP contribution in [-0.2, 0) is 11.3 Å². The van der Waals surface area contributed by atoms with Crippen molar-refractivity contribution in [3.63, 3.8) is 0 Å². The van der Waals surface area contributed by atoms with Crippen molar-refractivity contribution in [3.05, 3.63) is 29.8 Å². The maximum Gasteiger partial charge on any atom is 0.223 e. The van der Waals surface area contributed by atoms with Crippen LogP contribution in [0, 0.1) is 0 Å². The third kappa shape index (κ3) is 6.17. The molecule has 0 bridgehead atoms. The Kier molecular flexibility index (Phi) is 5.23. The third-order valence-electron chi connectivity index (χ3n) is 3.31. The van der Waals surface area contributed by atoms with Crippen LogP contribution in [0.5, 0.6) is 5.75 Å². The minimum atomic E-state index is 0.0667. The molecule has 1 aromatic carbocycles. The smallest absolute Gasteiger partial charge is 0.223 e. The van der Waals surface area contributed by atoms with Crippen molar-refractivity contribution >= 4 is 5.91 Å². The maximum absolute atomic E-state index is 11.6. The van der Waals surface area contributed by atoms with Crippen molar-refractivity contribution in [3.8, 4) is 5.75 Å². The maximum atomic E-state index is 11.6. The zero-order valence-electron chi connectivity index (χ0n) is 13.2. The third-order valence-corrected chi connectivity index (χ3v) is 3.31. The number of para-hydroxylation sites is 1. The second-order valence-corrected chi connectivity index (χ2v) is 6.65. The zero-order valence-corrected chi connectivity index (χ0v) is 13.2. The summed E-state index contributed by atoms with van der Waals surface area (Å²) in [6, 6.07) is 8.39. The predicted octanol–water partition coefficient (Wildman–Crippen LogP) is 2.62. The average molecular weight is 290 g/mol. The monoisotopic (exact) mass is 290 g/mol. The number of ether oxygens (including phenoxy) is 1. The van der Waals surface area contributed by atoms with E-state index in [-0.39, 0.29) is 11.4 Å². The van der Waals surface area contributed by atoms with Gasteiger partial charge in [0.1, 0.15) is 5.75 Å². The van der Waals surface area contributed by atoms with Crippen molar-refractivity contribution in [1.82, 2.24) is 10.6 Å². The summed E-state index contributed by atoms with van der Waals surface area (Å²) in [5, 5.41) is 6.42. The van der Waals surface area contributed by atoms with E-state index in [0.717, 1.165) is 30.7 Å². The van der Waals surface area contributed by atoms with E-state index in [2.05, 4.69) is 37.5 Å². The highest BCUT2D eigenvalue weighted by atomic mass is 16.5. The molecule has 0 spiro atoms. The van der Waals surface area contributed by atoms with E-state index >= 15 is 0 Å². The van der Waals surface area contributed by atoms with Crippen LogP contribution in [0.15, 0.2) is 24.3 Å². The van der Waals surface area contributed by atoms with Crippen LogP contribution in [0.25, 0.3) is 0 Å². The molecule has 1 amide bonds. The quantitative estimate of drug-likeness (QED) is 0.811. The highest BCUT2D eigenvalue weighted by Gasteiger charge is 2.22. The predicted molar refractivity (Wildman–Crippen MR) is 84.3 cm³/mol. The number of carbonyl (C=O) groups is 1. The number of rotatable bonds is 7. The number of amides is 1. The van der Waals surface area contributed by atoms with Crippen LogP contribution in [0.2, 0.25) is 0 Å². The van der Waals surface area contributed by atoms with Crippen LogP contribution in [0.3, 0.4) is 0 Å². The Bertz CT molecular complexity index is 476. The normalized spacial score (nSPS) is 14.8. The van der Waals surface area contributed by atoms with Gasteiger partial charge in [-0.25, -0.2) is 0 Å². The molecule has 2 rings (SSSR count). The van der Waals surface area contributed by atoms with E-state index < -0.39 is 0 Å². The zero-order chi connectivity index (χ0) is 15.3. The van der Waals surface area contributed by atoms with Crippen LogP contribution in [0.1, 0.15) is 45.6 Å². The fraction of sp³-hybridized carbons (Fsp3) is 0.588. The summed E-state index contributed by atoms with van der Waals surface area (Å²) in [5.41, 5.74) is 1.19. The Hall–Kier alpha value is -1.55. The molecule has 1 aliphatic carbocycles. The first-order chi connectivity index (χ1) is 9.94. The summed E-state index contributed by atoms with van der Waals surface area (Å²) in [6.07, 6.45) is 2.65. The summed E-state index contributed by atoms with van der Waals surface area (Å²) in [7, 11) is 0. The minimum absolute atomic E-state index is 0.0667. The molecule has 4 nitrogen and oxygen atoms in total. The van der Waals surface area contributed by atoms with Gasteiger partial charge in [0.2, 0.25) is 5.91 Å². The highest BCUT2D eigenvalue weighted by Crippen LogP contribution is 2.20. The van der Waals surface area contributed by atoms with Gasteiger partial charge in [-0.3, -0.25) is 4.79 Å². The molecule has 0 heterocycles. The van der Waals surface area contributed by atoms with Crippen molar-refractivity contribution in [1.29, 1.82) is 0 Å². The standard InChI is InChI=1S/C17H26N2O2/c1-17(2,3)18-12-13-6-4-5-7-15(13)21-11-10-16(20)19-14-8-9-14/h4-7,14,18H,8-12H2,1-3H3,(H,19,20). The number of benzene rings is 1. The molecule has 21 heavy (non-hydrogen) atoms. The van der Waals surface area contributed by atoms with Crippen LogP contribution < -0.4 is 15.4 Å². The number of hydrogen-bond acceptors (Lipinski definition) is 3. The molecule has 0 unspecified atom stereocenters. The lowest BCUT2D eigenvalue weighted by atomic mass is 10.1. The van der Waals surface area contributed by atoms with Crippen LogP contribution >= 0.6 is 0 Å². The van der Waals surface area contributed by atoms with Gasteiger partial charge in [0, 0.05) is 23.7 Å². The fourth-order valence-corrected chi connectivity index (χ4v) is 1.93. The van der Waals surface area contributed by atoms with E-state index in [1.807, 2.05) is 18.2 Å². The topological polar surface area (TPSA) is 50.4 Å². The van der Waals surface area contributed by atoms with Gasteiger partial charge >= 0.3 is 0 Å². The van der Waals surface area contributed by atoms with Gasteiger partial charge in [0.05, 0.1) is 13.0 Å². The molecule has 0 aromatic heterocycles. The summed E-state index contributed by atoms with van der Waals surface area (Å²) in [4.78, 5) is 11.6. The minimum Gasteiger partial charge on any atom is -0.493 e. The van der Waals surface area contributed by atoms with Gasteiger partial charge in [0.25, 0.3) is 0 Å². The van der Waals surface area contributed by atoms with Crippen molar-refractivity contribution in [2.75, 3.05) is 6.61 Å². The number of hydrogen-bond donors (Lipinski definition) is 2. The van der Waals surface area contributed by atoms with E-state index in [1.165, 1.54) is 0 Å². The molecule has 0 saturated heterocycles. The largest absolute Gasteiger partial charge is 0.493 e. The van der Waals surface area contributed by atoms with Gasteiger partial charge in [-0.2, -0.15) is 0 Å². The average Bonchev–Trinajstić information content (AvgIpc) is 3.20. The first kappa shape index (κ1) is 15.8. The number of nitrogens with one attached hydrogen (secondary N) is 2. The lowest BCUT2D eigenvalue weighted by Gasteiger charge is -2.21. The molecule has 0 radical (unpaired) electrons. The summed E-state index contributed by atoms with van der Waals surface area (Å²) in [5.74, 6) is 0.941. The summed E-state index contributed by atoms with van der Waals surface area (Å²) < 4.78 is 5.77. The van der Waals surface area contributed by atoms with Gasteiger partial charge in [-0.05, 0) is 39.7 Å². The molecular weight excluding hydrogens is 264 g/mol. The van der Waals surface area contributed by atoms with Crippen molar-refractivity contribution in [2.24, 2.45) is 0 Å². The SMILES string of the molecule is CC(C)(C)NCc1ccccc1OCCC(=O)NC1CC1. The fourth-order valence-electron chi connectivity index (χ4n) is 1.93. The van der Waals surface area contributed by atoms with Crippen molar-refractivity contribution in [2.45, 2.75) is 58.2 Å². The first-order valence-corrected chi connectivity index (χ1v) is 7.69. The van der Waals surface area contributed by atoms with Gasteiger partial charge in [0.15, 0.2) is 0 Å². The molecule has 1 saturated carbocycles. The van der Waals surface area contributed by atoms with E-state index in [0.29, 0.717) is 19.1 Å². The second kappa shape index (κ2) is 6.94. The number of carbonyl (C=O) groups excluding carboxylic acids is 1. The summed E-state index contributed by atoms with van der Waals surface area (Å²) >= 11 is 0. The highest BCUT2D eigenvalue weighted by molar-refractivity contribution is 5.76. The Morgan fingerprint density at radius 3 is 2.67 bits per heavy atom. The molecule has 0 atom stereocenters. The van der Waals surface area contributed by atoms with Crippen LogP contribution in [-0.4, -0.2) is 24.1 Å². The van der Waals surface area contributed by atoms with Gasteiger partial charge in [-0.1, -0.05) is 18.2 Å².